The second-order valence-electron chi connectivity index (χ2n) is 6.28. The average Bonchev–Trinajstić information content (AvgIpc) is 3.11. The molecule has 1 N–H and O–H groups in total. The normalized spacial score (nSPS) is 24.0. The van der Waals surface area contributed by atoms with Crippen molar-refractivity contribution in [3.8, 4) is 0 Å². The van der Waals surface area contributed by atoms with Crippen LogP contribution in [0.15, 0.2) is 54.9 Å². The molecule has 0 fully saturated rings. The Bertz CT molecular complexity index is 785. The lowest BCUT2D eigenvalue weighted by atomic mass is 9.77. The van der Waals surface area contributed by atoms with E-state index in [-0.39, 0.29) is 12.0 Å². The number of ether oxygens (including phenoxy) is 1. The van der Waals surface area contributed by atoms with Crippen LogP contribution in [0, 0.1) is 5.92 Å². The highest BCUT2D eigenvalue weighted by atomic mass is 16.5. The van der Waals surface area contributed by atoms with Crippen molar-refractivity contribution in [3.63, 3.8) is 0 Å². The van der Waals surface area contributed by atoms with Crippen LogP contribution in [0.25, 0.3) is 0 Å². The van der Waals surface area contributed by atoms with Crippen molar-refractivity contribution in [2.45, 2.75) is 25.3 Å². The predicted octanol–water partition coefficient (Wildman–Crippen LogP) is 4.08. The number of carbonyl (C=O) groups is 1. The van der Waals surface area contributed by atoms with E-state index in [2.05, 4.69) is 28.5 Å². The molecule has 4 nitrogen and oxygen atoms in total. The number of allylic oxidation sites excluding steroid dienone is 2. The molecule has 3 atom stereocenters. The zero-order valence-corrected chi connectivity index (χ0v) is 13.6. The van der Waals surface area contributed by atoms with Gasteiger partial charge in [0.05, 0.1) is 18.2 Å². The number of anilines is 1. The first kappa shape index (κ1) is 14.9. The molecule has 4 rings (SSSR count). The molecular weight excluding hydrogens is 300 g/mol. The summed E-state index contributed by atoms with van der Waals surface area (Å²) in [5.41, 5.74) is 4.09. The Morgan fingerprint density at radius 1 is 1.38 bits per heavy atom. The summed E-state index contributed by atoms with van der Waals surface area (Å²) in [4.78, 5) is 16.3. The van der Waals surface area contributed by atoms with Crippen LogP contribution in [0.4, 0.5) is 5.69 Å². The minimum absolute atomic E-state index is 0.236. The SMILES string of the molecule is CCOC(=O)c1ccc2c(c1)[C@H]1C=CC[C@H]1[C@@H](c1cccnc1)N2. The zero-order chi connectivity index (χ0) is 16.5. The molecule has 0 spiro atoms. The standard InChI is InChI=1S/C20H20N2O2/c1-2-24-20(23)13-8-9-18-17(11-13)15-6-3-7-16(15)19(22-18)14-5-4-10-21-12-14/h3-6,8-12,15-16,19,22H,2,7H2,1H3/t15-,16+,19+/m0/s1. The number of fused-ring (bicyclic) bond motifs is 3. The molecule has 0 saturated carbocycles. The van der Waals surface area contributed by atoms with Crippen molar-refractivity contribution in [3.05, 3.63) is 71.6 Å². The Morgan fingerprint density at radius 2 is 2.29 bits per heavy atom. The minimum Gasteiger partial charge on any atom is -0.462 e. The summed E-state index contributed by atoms with van der Waals surface area (Å²) in [5, 5.41) is 3.65. The van der Waals surface area contributed by atoms with Gasteiger partial charge in [-0.05, 0) is 54.7 Å². The van der Waals surface area contributed by atoms with E-state index in [1.165, 1.54) is 11.1 Å². The maximum absolute atomic E-state index is 12.0. The molecule has 2 aromatic rings. The van der Waals surface area contributed by atoms with Crippen LogP contribution in [0.1, 0.15) is 46.8 Å². The van der Waals surface area contributed by atoms with E-state index in [1.54, 1.807) is 6.20 Å². The van der Waals surface area contributed by atoms with Gasteiger partial charge >= 0.3 is 5.97 Å². The monoisotopic (exact) mass is 320 g/mol. The van der Waals surface area contributed by atoms with Gasteiger partial charge < -0.3 is 10.1 Å². The molecule has 1 aliphatic carbocycles. The molecule has 0 amide bonds. The molecule has 1 aromatic carbocycles. The second-order valence-corrected chi connectivity index (χ2v) is 6.28. The third kappa shape index (κ3) is 2.48. The van der Waals surface area contributed by atoms with Gasteiger partial charge in [-0.2, -0.15) is 0 Å². The molecule has 2 heterocycles. The van der Waals surface area contributed by atoms with E-state index >= 15 is 0 Å². The highest BCUT2D eigenvalue weighted by molar-refractivity contribution is 5.90. The highest BCUT2D eigenvalue weighted by Crippen LogP contribution is 2.49. The number of carbonyl (C=O) groups excluding carboxylic acids is 1. The lowest BCUT2D eigenvalue weighted by Gasteiger charge is -2.37. The van der Waals surface area contributed by atoms with Gasteiger partial charge in [-0.15, -0.1) is 0 Å². The molecule has 1 aromatic heterocycles. The number of benzene rings is 1. The van der Waals surface area contributed by atoms with Crippen LogP contribution in [0.5, 0.6) is 0 Å². The maximum Gasteiger partial charge on any atom is 0.338 e. The number of hydrogen-bond acceptors (Lipinski definition) is 4. The predicted molar refractivity (Wildman–Crippen MR) is 93.0 cm³/mol. The van der Waals surface area contributed by atoms with Gasteiger partial charge in [0.15, 0.2) is 0 Å². The van der Waals surface area contributed by atoms with E-state index in [4.69, 9.17) is 4.74 Å². The van der Waals surface area contributed by atoms with Crippen LogP contribution < -0.4 is 5.32 Å². The minimum atomic E-state index is -0.256. The van der Waals surface area contributed by atoms with E-state index in [0.717, 1.165) is 12.1 Å². The summed E-state index contributed by atoms with van der Waals surface area (Å²) in [6, 6.07) is 10.1. The van der Waals surface area contributed by atoms with Gasteiger partial charge in [0.2, 0.25) is 0 Å². The molecule has 0 radical (unpaired) electrons. The molecule has 0 unspecified atom stereocenters. The Labute approximate surface area is 141 Å². The third-order valence-electron chi connectivity index (χ3n) is 4.92. The van der Waals surface area contributed by atoms with Crippen molar-refractivity contribution >= 4 is 11.7 Å². The molecule has 2 aliphatic rings. The fourth-order valence-electron chi connectivity index (χ4n) is 3.83. The quantitative estimate of drug-likeness (QED) is 0.684. The summed E-state index contributed by atoms with van der Waals surface area (Å²) in [7, 11) is 0. The summed E-state index contributed by atoms with van der Waals surface area (Å²) >= 11 is 0. The van der Waals surface area contributed by atoms with Crippen LogP contribution in [0.2, 0.25) is 0 Å². The van der Waals surface area contributed by atoms with Crippen molar-refractivity contribution in [2.24, 2.45) is 5.92 Å². The number of pyridine rings is 1. The molecule has 0 saturated heterocycles. The van der Waals surface area contributed by atoms with Gasteiger partial charge in [0, 0.05) is 24.0 Å². The van der Waals surface area contributed by atoms with Gasteiger partial charge in [-0.3, -0.25) is 4.98 Å². The Balaban J connectivity index is 1.72. The van der Waals surface area contributed by atoms with E-state index < -0.39 is 0 Å². The molecular formula is C20H20N2O2. The largest absolute Gasteiger partial charge is 0.462 e. The van der Waals surface area contributed by atoms with Crippen molar-refractivity contribution < 1.29 is 9.53 Å². The third-order valence-corrected chi connectivity index (χ3v) is 4.92. The molecule has 24 heavy (non-hydrogen) atoms. The summed E-state index contributed by atoms with van der Waals surface area (Å²) in [5.74, 6) is 0.508. The van der Waals surface area contributed by atoms with Gasteiger partial charge in [0.1, 0.15) is 0 Å². The number of nitrogens with zero attached hydrogens (tertiary/aromatic N) is 1. The van der Waals surface area contributed by atoms with Crippen LogP contribution in [-0.4, -0.2) is 17.6 Å². The van der Waals surface area contributed by atoms with Gasteiger partial charge in [0.25, 0.3) is 0 Å². The lowest BCUT2D eigenvalue weighted by molar-refractivity contribution is 0.0526. The molecule has 0 bridgehead atoms. The zero-order valence-electron chi connectivity index (χ0n) is 13.6. The van der Waals surface area contributed by atoms with Crippen molar-refractivity contribution in [1.29, 1.82) is 0 Å². The Hall–Kier alpha value is -2.62. The first-order valence-corrected chi connectivity index (χ1v) is 8.42. The number of hydrogen-bond donors (Lipinski definition) is 1. The number of aromatic nitrogens is 1. The summed E-state index contributed by atoms with van der Waals surface area (Å²) < 4.78 is 5.14. The molecule has 4 heteroatoms. The first-order valence-electron chi connectivity index (χ1n) is 8.42. The second kappa shape index (κ2) is 6.11. The van der Waals surface area contributed by atoms with Gasteiger partial charge in [-0.1, -0.05) is 18.2 Å². The average molecular weight is 320 g/mol. The fraction of sp³-hybridized carbons (Fsp3) is 0.300. The van der Waals surface area contributed by atoms with Crippen LogP contribution >= 0.6 is 0 Å². The lowest BCUT2D eigenvalue weighted by Crippen LogP contribution is -2.29. The molecule has 1 aliphatic heterocycles. The van der Waals surface area contributed by atoms with Crippen molar-refractivity contribution in [1.82, 2.24) is 4.98 Å². The summed E-state index contributed by atoms with van der Waals surface area (Å²) in [6.07, 6.45) is 9.27. The smallest absolute Gasteiger partial charge is 0.338 e. The molecule has 122 valence electrons. The van der Waals surface area contributed by atoms with E-state index in [9.17, 15) is 4.79 Å². The fourth-order valence-corrected chi connectivity index (χ4v) is 3.83. The topological polar surface area (TPSA) is 51.2 Å². The van der Waals surface area contributed by atoms with Crippen LogP contribution in [0.3, 0.4) is 0 Å². The number of esters is 1. The van der Waals surface area contributed by atoms with Gasteiger partial charge in [-0.25, -0.2) is 4.79 Å². The van der Waals surface area contributed by atoms with E-state index in [1.807, 2.05) is 37.4 Å². The van der Waals surface area contributed by atoms with Crippen molar-refractivity contribution in [2.75, 3.05) is 11.9 Å². The van der Waals surface area contributed by atoms with Crippen LogP contribution in [-0.2, 0) is 4.74 Å². The number of nitrogens with one attached hydrogen (secondary N) is 1. The maximum atomic E-state index is 12.0. The Morgan fingerprint density at radius 3 is 3.08 bits per heavy atom. The summed E-state index contributed by atoms with van der Waals surface area (Å²) in [6.45, 7) is 2.22. The highest BCUT2D eigenvalue weighted by Gasteiger charge is 2.38. The first-order chi connectivity index (χ1) is 11.8. The number of rotatable bonds is 3. The van der Waals surface area contributed by atoms with E-state index in [0.29, 0.717) is 24.0 Å². The Kier molecular flexibility index (Phi) is 3.81.